The quantitative estimate of drug-likeness (QED) is 0.727. The Balaban J connectivity index is 1.30. The minimum Gasteiger partial charge on any atom is -0.367 e. The van der Waals surface area contributed by atoms with Gasteiger partial charge in [-0.2, -0.15) is 0 Å². The molecule has 1 aromatic rings. The molecule has 5 nitrogen and oxygen atoms in total. The highest BCUT2D eigenvalue weighted by Crippen LogP contribution is 2.49. The number of hydrogen-bond acceptors (Lipinski definition) is 3. The first-order valence-electron chi connectivity index (χ1n) is 11.3. The number of nitrogens with zero attached hydrogens (tertiary/aromatic N) is 1. The summed E-state index contributed by atoms with van der Waals surface area (Å²) >= 11 is 0. The number of rotatable bonds is 8. The Hall–Kier alpha value is -1.88. The monoisotopic (exact) mass is 398 g/mol. The number of benzene rings is 1. The Morgan fingerprint density at radius 3 is 2.59 bits per heavy atom. The second-order valence-electron chi connectivity index (χ2n) is 9.25. The summed E-state index contributed by atoms with van der Waals surface area (Å²) in [6.45, 7) is 2.23. The fourth-order valence-electron chi connectivity index (χ4n) is 5.20. The second kappa shape index (κ2) is 9.29. The fraction of sp³-hybridized carbons (Fsp3) is 0.667. The molecule has 1 atom stereocenters. The van der Waals surface area contributed by atoms with Crippen molar-refractivity contribution < 1.29 is 14.3 Å². The van der Waals surface area contributed by atoms with Crippen LogP contribution in [0.25, 0.3) is 0 Å². The van der Waals surface area contributed by atoms with Gasteiger partial charge in [0.1, 0.15) is 6.61 Å². The molecule has 4 rings (SSSR count). The lowest BCUT2D eigenvalue weighted by molar-refractivity contribution is -0.136. The highest BCUT2D eigenvalue weighted by molar-refractivity contribution is 5.78. The predicted octanol–water partition coefficient (Wildman–Crippen LogP) is 3.67. The van der Waals surface area contributed by atoms with Crippen molar-refractivity contribution in [3.05, 3.63) is 35.9 Å². The van der Waals surface area contributed by atoms with Crippen molar-refractivity contribution in [3.63, 3.8) is 0 Å². The zero-order chi connectivity index (χ0) is 20.1. The minimum atomic E-state index is 0.0933. The summed E-state index contributed by atoms with van der Waals surface area (Å²) in [6, 6.07) is 10.4. The molecule has 0 aromatic heterocycles. The molecule has 0 bridgehead atoms. The summed E-state index contributed by atoms with van der Waals surface area (Å²) < 4.78 is 5.70. The first-order chi connectivity index (χ1) is 14.1. The summed E-state index contributed by atoms with van der Waals surface area (Å²) in [5.74, 6) is 0.719. The van der Waals surface area contributed by atoms with E-state index in [4.69, 9.17) is 4.74 Å². The highest BCUT2D eigenvalue weighted by Gasteiger charge is 2.47. The van der Waals surface area contributed by atoms with E-state index in [1.165, 1.54) is 32.1 Å². The normalized spacial score (nSPS) is 23.3. The van der Waals surface area contributed by atoms with Gasteiger partial charge in [0.25, 0.3) is 0 Å². The zero-order valence-electron chi connectivity index (χ0n) is 17.4. The van der Waals surface area contributed by atoms with Gasteiger partial charge in [0.15, 0.2) is 0 Å². The van der Waals surface area contributed by atoms with Crippen molar-refractivity contribution in [2.75, 3.05) is 19.7 Å². The van der Waals surface area contributed by atoms with Crippen LogP contribution in [0, 0.1) is 11.3 Å². The van der Waals surface area contributed by atoms with Crippen molar-refractivity contribution in [3.8, 4) is 0 Å². The van der Waals surface area contributed by atoms with Crippen LogP contribution < -0.4 is 5.32 Å². The van der Waals surface area contributed by atoms with Crippen molar-refractivity contribution in [1.29, 1.82) is 0 Å². The third-order valence-electron chi connectivity index (χ3n) is 7.01. The first kappa shape index (κ1) is 20.4. The largest absolute Gasteiger partial charge is 0.367 e. The number of nitrogens with one attached hydrogen (secondary N) is 1. The smallest absolute Gasteiger partial charge is 0.248 e. The van der Waals surface area contributed by atoms with Crippen molar-refractivity contribution in [2.24, 2.45) is 11.3 Å². The van der Waals surface area contributed by atoms with E-state index in [9.17, 15) is 9.59 Å². The molecule has 1 spiro atoms. The molecule has 1 heterocycles. The summed E-state index contributed by atoms with van der Waals surface area (Å²) in [5, 5.41) is 3.11. The van der Waals surface area contributed by atoms with Crippen molar-refractivity contribution in [2.45, 2.75) is 70.4 Å². The molecular formula is C24H34N2O3. The molecule has 1 saturated heterocycles. The second-order valence-corrected chi connectivity index (χ2v) is 9.25. The Bertz CT molecular complexity index is 695. The van der Waals surface area contributed by atoms with E-state index in [-0.39, 0.29) is 23.8 Å². The van der Waals surface area contributed by atoms with E-state index in [1.807, 2.05) is 35.2 Å². The summed E-state index contributed by atoms with van der Waals surface area (Å²) in [5.41, 5.74) is 1.30. The Labute approximate surface area is 174 Å². The maximum absolute atomic E-state index is 12.8. The maximum atomic E-state index is 12.8. The van der Waals surface area contributed by atoms with Gasteiger partial charge in [-0.1, -0.05) is 49.6 Å². The van der Waals surface area contributed by atoms with Crippen LogP contribution >= 0.6 is 0 Å². The van der Waals surface area contributed by atoms with E-state index in [0.29, 0.717) is 25.0 Å². The molecule has 2 aliphatic carbocycles. The number of carbonyl (C=O) groups is 2. The third kappa shape index (κ3) is 5.39. The average molecular weight is 399 g/mol. The highest BCUT2D eigenvalue weighted by atomic mass is 16.5. The molecule has 2 amide bonds. The van der Waals surface area contributed by atoms with Crippen molar-refractivity contribution in [1.82, 2.24) is 10.2 Å². The van der Waals surface area contributed by atoms with Crippen LogP contribution in [0.3, 0.4) is 0 Å². The van der Waals surface area contributed by atoms with E-state index in [1.54, 1.807) is 0 Å². The minimum absolute atomic E-state index is 0.0933. The zero-order valence-corrected chi connectivity index (χ0v) is 17.4. The third-order valence-corrected chi connectivity index (χ3v) is 7.01. The average Bonchev–Trinajstić information content (AvgIpc) is 3.48. The van der Waals surface area contributed by atoms with Gasteiger partial charge in [-0.25, -0.2) is 0 Å². The molecule has 1 aromatic carbocycles. The van der Waals surface area contributed by atoms with Crippen LogP contribution in [0.2, 0.25) is 0 Å². The number of ether oxygens (including phenoxy) is 1. The number of likely N-dealkylation sites (tertiary alicyclic amines) is 1. The molecular weight excluding hydrogens is 364 g/mol. The molecule has 3 fully saturated rings. The van der Waals surface area contributed by atoms with Gasteiger partial charge in [0, 0.05) is 25.6 Å². The Morgan fingerprint density at radius 1 is 1.10 bits per heavy atom. The molecule has 5 heteroatoms. The van der Waals surface area contributed by atoms with Crippen LogP contribution in [0.1, 0.15) is 63.4 Å². The number of carbonyl (C=O) groups excluding carboxylic acids is 2. The molecule has 29 heavy (non-hydrogen) atoms. The van der Waals surface area contributed by atoms with E-state index < -0.39 is 0 Å². The number of hydrogen-bond donors (Lipinski definition) is 1. The molecule has 158 valence electrons. The molecule has 3 aliphatic rings. The summed E-state index contributed by atoms with van der Waals surface area (Å²) in [4.78, 5) is 27.0. The van der Waals surface area contributed by atoms with E-state index in [0.717, 1.165) is 37.9 Å². The van der Waals surface area contributed by atoms with E-state index in [2.05, 4.69) is 5.32 Å². The van der Waals surface area contributed by atoms with Gasteiger partial charge < -0.3 is 15.0 Å². The summed E-state index contributed by atoms with van der Waals surface area (Å²) in [7, 11) is 0. The summed E-state index contributed by atoms with van der Waals surface area (Å²) in [6.07, 6.45) is 9.92. The van der Waals surface area contributed by atoms with Crippen LogP contribution in [-0.4, -0.2) is 42.5 Å². The van der Waals surface area contributed by atoms with Gasteiger partial charge in [0.05, 0.1) is 6.61 Å². The molecule has 2 saturated carbocycles. The Morgan fingerprint density at radius 2 is 1.86 bits per heavy atom. The van der Waals surface area contributed by atoms with Crippen LogP contribution in [0.5, 0.6) is 0 Å². The number of amides is 2. The maximum Gasteiger partial charge on any atom is 0.248 e. The lowest BCUT2D eigenvalue weighted by Gasteiger charge is -2.38. The predicted molar refractivity (Wildman–Crippen MR) is 112 cm³/mol. The van der Waals surface area contributed by atoms with Crippen LogP contribution in [0.15, 0.2) is 30.3 Å². The molecule has 1 aliphatic heterocycles. The Kier molecular flexibility index (Phi) is 6.53. The van der Waals surface area contributed by atoms with E-state index >= 15 is 0 Å². The topological polar surface area (TPSA) is 58.6 Å². The lowest BCUT2D eigenvalue weighted by Crippen LogP contribution is -2.36. The van der Waals surface area contributed by atoms with Gasteiger partial charge in [0.2, 0.25) is 11.8 Å². The van der Waals surface area contributed by atoms with Gasteiger partial charge in [-0.15, -0.1) is 0 Å². The van der Waals surface area contributed by atoms with Crippen LogP contribution in [0.4, 0.5) is 0 Å². The van der Waals surface area contributed by atoms with Crippen LogP contribution in [-0.2, 0) is 20.9 Å². The molecule has 1 N–H and O–H groups in total. The first-order valence-corrected chi connectivity index (χ1v) is 11.3. The molecule has 0 radical (unpaired) electrons. The van der Waals surface area contributed by atoms with Gasteiger partial charge >= 0.3 is 0 Å². The fourth-order valence-corrected chi connectivity index (χ4v) is 5.20. The SMILES string of the molecule is O=C(CCC1CN(C(=O)COCc2ccccc2)CC12CCCCC2)NC1CC1. The van der Waals surface area contributed by atoms with Gasteiger partial charge in [-0.3, -0.25) is 9.59 Å². The van der Waals surface area contributed by atoms with Crippen molar-refractivity contribution >= 4 is 11.8 Å². The molecule has 1 unspecified atom stereocenters. The van der Waals surface area contributed by atoms with Gasteiger partial charge in [-0.05, 0) is 49.0 Å². The lowest BCUT2D eigenvalue weighted by atomic mass is 9.66. The standard InChI is InChI=1S/C24H34N2O3/c27-22(25-21-10-11-21)12-9-20-15-26(18-24(20)13-5-2-6-14-24)23(28)17-29-16-19-7-3-1-4-8-19/h1,3-4,7-8,20-21H,2,5-6,9-18H2,(H,25,27).